The highest BCUT2D eigenvalue weighted by Gasteiger charge is 2.22. The first-order valence-corrected chi connectivity index (χ1v) is 12.2. The standard InChI is InChI=1S/C21H22N2O7S2/c1-28-15-8-10-16(11-9-15)31(24,25)23-19-14-17(12-13-21(19)30-3)32(26,27)22-18-6-4-5-7-20(18)29-2/h4-14,22-23H,1-3H3. The number of benzene rings is 3. The van der Waals surface area contributed by atoms with Crippen molar-refractivity contribution in [1.29, 1.82) is 0 Å². The molecule has 2 N–H and O–H groups in total. The first-order valence-electron chi connectivity index (χ1n) is 9.21. The van der Waals surface area contributed by atoms with Gasteiger partial charge in [0.25, 0.3) is 20.0 Å². The van der Waals surface area contributed by atoms with Crippen molar-refractivity contribution in [3.63, 3.8) is 0 Å². The molecule has 0 heterocycles. The monoisotopic (exact) mass is 478 g/mol. The number of nitrogens with one attached hydrogen (secondary N) is 2. The van der Waals surface area contributed by atoms with Gasteiger partial charge in [-0.3, -0.25) is 9.44 Å². The maximum Gasteiger partial charge on any atom is 0.262 e. The molecule has 0 fully saturated rings. The van der Waals surface area contributed by atoms with Crippen LogP contribution in [0.2, 0.25) is 0 Å². The number of hydrogen-bond donors (Lipinski definition) is 2. The van der Waals surface area contributed by atoms with E-state index in [9.17, 15) is 16.8 Å². The Kier molecular flexibility index (Phi) is 6.80. The van der Waals surface area contributed by atoms with Crippen LogP contribution in [-0.2, 0) is 20.0 Å². The first kappa shape index (κ1) is 23.2. The van der Waals surface area contributed by atoms with Gasteiger partial charge in [0.05, 0.1) is 42.5 Å². The summed E-state index contributed by atoms with van der Waals surface area (Å²) in [5.74, 6) is 0.986. The largest absolute Gasteiger partial charge is 0.497 e. The van der Waals surface area contributed by atoms with Crippen LogP contribution < -0.4 is 23.7 Å². The molecule has 0 saturated heterocycles. The third-order valence-corrected chi connectivity index (χ3v) is 7.19. The van der Waals surface area contributed by atoms with E-state index in [1.807, 2.05) is 0 Å². The van der Waals surface area contributed by atoms with Crippen LogP contribution in [0.25, 0.3) is 0 Å². The van der Waals surface area contributed by atoms with E-state index < -0.39 is 20.0 Å². The Hall–Kier alpha value is -3.44. The van der Waals surface area contributed by atoms with Gasteiger partial charge in [-0.05, 0) is 54.6 Å². The van der Waals surface area contributed by atoms with Crippen LogP contribution in [0, 0.1) is 0 Å². The van der Waals surface area contributed by atoms with Gasteiger partial charge in [0.15, 0.2) is 0 Å². The van der Waals surface area contributed by atoms with E-state index in [1.165, 1.54) is 63.8 Å². The molecule has 9 nitrogen and oxygen atoms in total. The van der Waals surface area contributed by atoms with Crippen molar-refractivity contribution in [2.75, 3.05) is 30.8 Å². The molecule has 0 aliphatic heterocycles. The van der Waals surface area contributed by atoms with Crippen LogP contribution in [0.5, 0.6) is 17.2 Å². The molecule has 32 heavy (non-hydrogen) atoms. The quantitative estimate of drug-likeness (QED) is 0.484. The van der Waals surface area contributed by atoms with Gasteiger partial charge in [-0.1, -0.05) is 12.1 Å². The SMILES string of the molecule is COc1ccc(S(=O)(=O)Nc2cc(S(=O)(=O)Nc3ccccc3OC)ccc2OC)cc1. The highest BCUT2D eigenvalue weighted by molar-refractivity contribution is 7.93. The van der Waals surface area contributed by atoms with Crippen molar-refractivity contribution in [1.82, 2.24) is 0 Å². The average Bonchev–Trinajstić information content (AvgIpc) is 2.79. The summed E-state index contributed by atoms with van der Waals surface area (Å²) in [6.07, 6.45) is 0. The molecule has 170 valence electrons. The molecular formula is C21H22N2O7S2. The van der Waals surface area contributed by atoms with Crippen LogP contribution >= 0.6 is 0 Å². The van der Waals surface area contributed by atoms with Crippen LogP contribution in [0.15, 0.2) is 76.5 Å². The van der Waals surface area contributed by atoms with Crippen molar-refractivity contribution in [3.8, 4) is 17.2 Å². The maximum absolute atomic E-state index is 12.9. The van der Waals surface area contributed by atoms with Gasteiger partial charge >= 0.3 is 0 Å². The Morgan fingerprint density at radius 2 is 1.12 bits per heavy atom. The summed E-state index contributed by atoms with van der Waals surface area (Å²) in [4.78, 5) is -0.197. The molecule has 0 atom stereocenters. The summed E-state index contributed by atoms with van der Waals surface area (Å²) in [5.41, 5.74) is 0.206. The molecule has 0 amide bonds. The smallest absolute Gasteiger partial charge is 0.262 e. The Morgan fingerprint density at radius 3 is 1.75 bits per heavy atom. The highest BCUT2D eigenvalue weighted by Crippen LogP contribution is 2.32. The average molecular weight is 479 g/mol. The minimum absolute atomic E-state index is 0.0271. The summed E-state index contributed by atoms with van der Waals surface area (Å²) in [6.45, 7) is 0. The molecule has 0 aliphatic rings. The highest BCUT2D eigenvalue weighted by atomic mass is 32.2. The second-order valence-corrected chi connectivity index (χ2v) is 9.81. The van der Waals surface area contributed by atoms with Gasteiger partial charge in [0, 0.05) is 0 Å². The van der Waals surface area contributed by atoms with E-state index in [4.69, 9.17) is 14.2 Å². The third-order valence-electron chi connectivity index (χ3n) is 4.45. The zero-order chi connectivity index (χ0) is 23.4. The number of para-hydroxylation sites is 2. The molecule has 0 saturated carbocycles. The lowest BCUT2D eigenvalue weighted by Crippen LogP contribution is -2.16. The Labute approximate surface area is 187 Å². The number of anilines is 2. The molecule has 3 aromatic rings. The normalized spacial score (nSPS) is 11.5. The summed E-state index contributed by atoms with van der Waals surface area (Å²) in [7, 11) is -3.84. The zero-order valence-electron chi connectivity index (χ0n) is 17.5. The molecular weight excluding hydrogens is 456 g/mol. The Balaban J connectivity index is 1.95. The van der Waals surface area contributed by atoms with Gasteiger partial charge < -0.3 is 14.2 Å². The lowest BCUT2D eigenvalue weighted by molar-refractivity contribution is 0.414. The number of sulfonamides is 2. The fraction of sp³-hybridized carbons (Fsp3) is 0.143. The Morgan fingerprint density at radius 1 is 0.594 bits per heavy atom. The van der Waals surface area contributed by atoms with E-state index in [0.29, 0.717) is 11.5 Å². The van der Waals surface area contributed by atoms with Gasteiger partial charge in [0.1, 0.15) is 17.2 Å². The van der Waals surface area contributed by atoms with Crippen LogP contribution in [0.4, 0.5) is 11.4 Å². The fourth-order valence-electron chi connectivity index (χ4n) is 2.83. The minimum Gasteiger partial charge on any atom is -0.497 e. The van der Waals surface area contributed by atoms with Crippen molar-refractivity contribution < 1.29 is 31.0 Å². The minimum atomic E-state index is -4.06. The van der Waals surface area contributed by atoms with Crippen LogP contribution in [0.1, 0.15) is 0 Å². The molecule has 0 unspecified atom stereocenters. The van der Waals surface area contributed by atoms with Crippen molar-refractivity contribution in [2.24, 2.45) is 0 Å². The second kappa shape index (κ2) is 9.37. The number of ether oxygens (including phenoxy) is 3. The van der Waals surface area contributed by atoms with E-state index >= 15 is 0 Å². The Bertz CT molecular complexity index is 1310. The third kappa shape index (κ3) is 5.06. The molecule has 0 aromatic heterocycles. The summed E-state index contributed by atoms with van der Waals surface area (Å²) >= 11 is 0. The summed E-state index contributed by atoms with van der Waals surface area (Å²) < 4.78 is 71.7. The van der Waals surface area contributed by atoms with E-state index in [0.717, 1.165) is 0 Å². The van der Waals surface area contributed by atoms with Gasteiger partial charge in [-0.15, -0.1) is 0 Å². The van der Waals surface area contributed by atoms with Gasteiger partial charge in [-0.2, -0.15) is 0 Å². The lowest BCUT2D eigenvalue weighted by Gasteiger charge is -2.15. The molecule has 0 bridgehead atoms. The predicted octanol–water partition coefficient (Wildman–Crippen LogP) is 3.31. The van der Waals surface area contributed by atoms with E-state index in [-0.39, 0.29) is 26.9 Å². The molecule has 3 rings (SSSR count). The number of methoxy groups -OCH3 is 3. The first-order chi connectivity index (χ1) is 15.2. The molecule has 3 aromatic carbocycles. The van der Waals surface area contributed by atoms with Gasteiger partial charge in [-0.25, -0.2) is 16.8 Å². The lowest BCUT2D eigenvalue weighted by atomic mass is 10.3. The molecule has 0 spiro atoms. The van der Waals surface area contributed by atoms with Crippen LogP contribution in [-0.4, -0.2) is 38.2 Å². The van der Waals surface area contributed by atoms with E-state index in [2.05, 4.69) is 9.44 Å². The number of rotatable bonds is 9. The van der Waals surface area contributed by atoms with Gasteiger partial charge in [0.2, 0.25) is 0 Å². The predicted molar refractivity (Wildman–Crippen MR) is 121 cm³/mol. The van der Waals surface area contributed by atoms with Crippen LogP contribution in [0.3, 0.4) is 0 Å². The molecule has 0 radical (unpaired) electrons. The molecule has 11 heteroatoms. The van der Waals surface area contributed by atoms with Crippen molar-refractivity contribution in [2.45, 2.75) is 9.79 Å². The summed E-state index contributed by atoms with van der Waals surface area (Å²) in [5, 5.41) is 0. The van der Waals surface area contributed by atoms with Crippen molar-refractivity contribution in [3.05, 3.63) is 66.7 Å². The number of hydrogen-bond acceptors (Lipinski definition) is 7. The molecule has 0 aliphatic carbocycles. The summed E-state index contributed by atoms with van der Waals surface area (Å²) in [6, 6.07) is 16.1. The zero-order valence-corrected chi connectivity index (χ0v) is 19.2. The maximum atomic E-state index is 12.9. The van der Waals surface area contributed by atoms with E-state index in [1.54, 1.807) is 24.3 Å². The van der Waals surface area contributed by atoms with Crippen molar-refractivity contribution >= 4 is 31.4 Å². The fourth-order valence-corrected chi connectivity index (χ4v) is 4.98. The topological polar surface area (TPSA) is 120 Å². The second-order valence-electron chi connectivity index (χ2n) is 6.45.